The zero-order chi connectivity index (χ0) is 28.5. The number of carbonyl (C=O) groups is 2. The van der Waals surface area contributed by atoms with Gasteiger partial charge in [-0.15, -0.1) is 10.2 Å². The molecule has 4 rings (SSSR count). The van der Waals surface area contributed by atoms with Crippen molar-refractivity contribution in [3.8, 4) is 0 Å². The minimum atomic E-state index is -0.598. The molecule has 1 aliphatic rings. The number of aryl methyl sites for hydroxylation is 1. The van der Waals surface area contributed by atoms with E-state index < -0.39 is 18.3 Å². The van der Waals surface area contributed by atoms with Gasteiger partial charge in [0.05, 0.1) is 25.4 Å². The molecule has 0 saturated carbocycles. The lowest BCUT2D eigenvalue weighted by molar-refractivity contribution is -0.268. The number of nitrogens with one attached hydrogen (secondary N) is 2. The predicted molar refractivity (Wildman–Crippen MR) is 148 cm³/mol. The first-order valence-electron chi connectivity index (χ1n) is 13.1. The molecule has 214 valence electrons. The topological polar surface area (TPSA) is 137 Å². The van der Waals surface area contributed by atoms with Crippen LogP contribution in [-0.2, 0) is 39.2 Å². The summed E-state index contributed by atoms with van der Waals surface area (Å²) in [5, 5.41) is 23.6. The van der Waals surface area contributed by atoms with E-state index in [1.165, 1.54) is 0 Å². The fourth-order valence-corrected chi connectivity index (χ4v) is 5.32. The summed E-state index contributed by atoms with van der Waals surface area (Å²) in [6, 6.07) is 15.0. The highest BCUT2D eigenvalue weighted by molar-refractivity contribution is 7.99. The van der Waals surface area contributed by atoms with Crippen LogP contribution in [0.5, 0.6) is 0 Å². The van der Waals surface area contributed by atoms with Gasteiger partial charge in [0.25, 0.3) is 0 Å². The minimum absolute atomic E-state index is 0.0156. The van der Waals surface area contributed by atoms with Gasteiger partial charge in [-0.3, -0.25) is 4.79 Å². The third-order valence-corrected chi connectivity index (χ3v) is 7.70. The fraction of sp³-hybridized carbons (Fsp3) is 0.429. The van der Waals surface area contributed by atoms with Crippen molar-refractivity contribution in [1.29, 1.82) is 0 Å². The molecule has 3 N–H and O–H groups in total. The Balaban J connectivity index is 1.43. The van der Waals surface area contributed by atoms with Crippen molar-refractivity contribution in [2.75, 3.05) is 18.9 Å². The summed E-state index contributed by atoms with van der Waals surface area (Å²) in [4.78, 5) is 23.4. The SMILES string of the molecule is CCOC(=O)CNC(=O)NCc1ccc([C@@H]2O[C@H](CSc3nncn3C)[C@H](C)[C@H](c3ccc(CO)cc3)O2)cc1. The third-order valence-electron chi connectivity index (χ3n) is 6.57. The number of aromatic nitrogens is 3. The van der Waals surface area contributed by atoms with Gasteiger partial charge in [-0.2, -0.15) is 0 Å². The molecule has 4 atom stereocenters. The number of carbonyl (C=O) groups excluding carboxylic acids is 2. The van der Waals surface area contributed by atoms with Crippen molar-refractivity contribution < 1.29 is 28.9 Å². The maximum atomic E-state index is 12.0. The monoisotopic (exact) mass is 569 g/mol. The van der Waals surface area contributed by atoms with Gasteiger partial charge in [-0.25, -0.2) is 4.79 Å². The van der Waals surface area contributed by atoms with Crippen molar-refractivity contribution in [3.05, 3.63) is 77.1 Å². The molecule has 12 heteroatoms. The van der Waals surface area contributed by atoms with Gasteiger partial charge in [0.15, 0.2) is 11.4 Å². The van der Waals surface area contributed by atoms with Crippen LogP contribution < -0.4 is 10.6 Å². The standard InChI is InChI=1S/C28H35N5O6S/c1-4-37-24(35)14-30-27(36)29-13-19-5-11-22(12-6-19)26-38-23(16-40-28-32-31-17-33(28)3)18(2)25(39-26)21-9-7-20(15-34)8-10-21/h5-12,17-18,23,25-26,34H,4,13-16H2,1-3H3,(H2,29,30,36)/t18-,23+,25+,26+/m0/s1. The summed E-state index contributed by atoms with van der Waals surface area (Å²) < 4.78 is 19.6. The molecule has 3 aromatic rings. The van der Waals surface area contributed by atoms with E-state index in [-0.39, 0.29) is 44.4 Å². The van der Waals surface area contributed by atoms with Gasteiger partial charge < -0.3 is 34.5 Å². The Morgan fingerprint density at radius 1 is 1.05 bits per heavy atom. The molecule has 1 aliphatic heterocycles. The van der Waals surface area contributed by atoms with E-state index in [4.69, 9.17) is 14.2 Å². The van der Waals surface area contributed by atoms with Crippen LogP contribution in [0.1, 0.15) is 48.5 Å². The van der Waals surface area contributed by atoms with Crippen molar-refractivity contribution in [2.45, 2.75) is 50.7 Å². The first kappa shape index (κ1) is 29.5. The normalized spacial score (nSPS) is 20.6. The highest BCUT2D eigenvalue weighted by atomic mass is 32.2. The molecule has 0 spiro atoms. The average molecular weight is 570 g/mol. The Bertz CT molecular complexity index is 1250. The lowest BCUT2D eigenvalue weighted by atomic mass is 9.91. The van der Waals surface area contributed by atoms with Crippen molar-refractivity contribution in [1.82, 2.24) is 25.4 Å². The van der Waals surface area contributed by atoms with Gasteiger partial charge in [0.1, 0.15) is 12.9 Å². The van der Waals surface area contributed by atoms with Gasteiger partial charge in [0, 0.05) is 30.8 Å². The second kappa shape index (κ2) is 14.3. The van der Waals surface area contributed by atoms with E-state index in [0.717, 1.165) is 27.4 Å². The number of ether oxygens (including phenoxy) is 3. The van der Waals surface area contributed by atoms with Crippen LogP contribution in [0, 0.1) is 5.92 Å². The number of aliphatic hydroxyl groups is 1. The number of hydrogen-bond donors (Lipinski definition) is 3. The third kappa shape index (κ3) is 7.81. The molecule has 1 aromatic heterocycles. The quantitative estimate of drug-likeness (QED) is 0.235. The van der Waals surface area contributed by atoms with Crippen LogP contribution in [-0.4, -0.2) is 56.9 Å². The summed E-state index contributed by atoms with van der Waals surface area (Å²) in [5.41, 5.74) is 3.59. The smallest absolute Gasteiger partial charge is 0.325 e. The summed E-state index contributed by atoms with van der Waals surface area (Å²) in [5.74, 6) is 0.232. The maximum Gasteiger partial charge on any atom is 0.325 e. The van der Waals surface area contributed by atoms with E-state index in [1.54, 1.807) is 25.0 Å². The minimum Gasteiger partial charge on any atom is -0.465 e. The predicted octanol–water partition coefficient (Wildman–Crippen LogP) is 3.25. The molecule has 0 aliphatic carbocycles. The highest BCUT2D eigenvalue weighted by Gasteiger charge is 2.38. The highest BCUT2D eigenvalue weighted by Crippen LogP contribution is 2.42. The molecule has 0 radical (unpaired) electrons. The molecule has 2 heterocycles. The molecular weight excluding hydrogens is 534 g/mol. The summed E-state index contributed by atoms with van der Waals surface area (Å²) in [6.07, 6.45) is 0.720. The first-order chi connectivity index (χ1) is 19.4. The first-order valence-corrected chi connectivity index (χ1v) is 14.1. The van der Waals surface area contributed by atoms with E-state index in [1.807, 2.05) is 60.1 Å². The van der Waals surface area contributed by atoms with Gasteiger partial charge in [0.2, 0.25) is 0 Å². The zero-order valence-corrected chi connectivity index (χ0v) is 23.6. The van der Waals surface area contributed by atoms with E-state index in [9.17, 15) is 14.7 Å². The second-order valence-corrected chi connectivity index (χ2v) is 10.4. The molecule has 2 aromatic carbocycles. The Labute approximate surface area is 237 Å². The maximum absolute atomic E-state index is 12.0. The van der Waals surface area contributed by atoms with E-state index in [0.29, 0.717) is 5.75 Å². The summed E-state index contributed by atoms with van der Waals surface area (Å²) in [6.45, 7) is 4.17. The molecule has 0 unspecified atom stereocenters. The van der Waals surface area contributed by atoms with E-state index in [2.05, 4.69) is 27.8 Å². The number of rotatable bonds is 11. The second-order valence-electron chi connectivity index (χ2n) is 9.44. The molecule has 11 nitrogen and oxygen atoms in total. The molecule has 40 heavy (non-hydrogen) atoms. The van der Waals surface area contributed by atoms with Gasteiger partial charge in [-0.1, -0.05) is 67.2 Å². The van der Waals surface area contributed by atoms with Crippen molar-refractivity contribution in [2.24, 2.45) is 13.0 Å². The number of amides is 2. The van der Waals surface area contributed by atoms with Crippen LogP contribution in [0.3, 0.4) is 0 Å². The zero-order valence-electron chi connectivity index (χ0n) is 22.8. The van der Waals surface area contributed by atoms with Crippen molar-refractivity contribution >= 4 is 23.8 Å². The van der Waals surface area contributed by atoms with Gasteiger partial charge in [-0.05, 0) is 23.6 Å². The number of aliphatic hydroxyl groups excluding tert-OH is 1. The number of hydrogen-bond acceptors (Lipinski definition) is 9. The molecule has 1 fully saturated rings. The number of nitrogens with zero attached hydrogens (tertiary/aromatic N) is 3. The Hall–Kier alpha value is -3.45. The molecule has 0 bridgehead atoms. The average Bonchev–Trinajstić information content (AvgIpc) is 3.39. The van der Waals surface area contributed by atoms with Gasteiger partial charge >= 0.3 is 12.0 Å². The Morgan fingerprint density at radius 3 is 2.40 bits per heavy atom. The van der Waals surface area contributed by atoms with Crippen LogP contribution in [0.2, 0.25) is 0 Å². The lowest BCUT2D eigenvalue weighted by Gasteiger charge is -2.41. The number of benzene rings is 2. The van der Waals surface area contributed by atoms with Crippen LogP contribution in [0.4, 0.5) is 4.79 Å². The molecular formula is C28H35N5O6S. The van der Waals surface area contributed by atoms with Crippen LogP contribution in [0.15, 0.2) is 60.0 Å². The molecule has 1 saturated heterocycles. The lowest BCUT2D eigenvalue weighted by Crippen LogP contribution is -2.39. The summed E-state index contributed by atoms with van der Waals surface area (Å²) in [7, 11) is 1.91. The van der Waals surface area contributed by atoms with Crippen molar-refractivity contribution in [3.63, 3.8) is 0 Å². The number of urea groups is 1. The van der Waals surface area contributed by atoms with Crippen LogP contribution >= 0.6 is 11.8 Å². The van der Waals surface area contributed by atoms with Crippen LogP contribution in [0.25, 0.3) is 0 Å². The largest absolute Gasteiger partial charge is 0.465 e. The number of esters is 1. The Morgan fingerprint density at radius 2 is 1.75 bits per heavy atom. The fourth-order valence-electron chi connectivity index (χ4n) is 4.27. The molecule has 2 amide bonds. The Kier molecular flexibility index (Phi) is 10.5. The van der Waals surface area contributed by atoms with E-state index >= 15 is 0 Å². The summed E-state index contributed by atoms with van der Waals surface area (Å²) >= 11 is 1.59. The number of thioether (sulfide) groups is 1.